The van der Waals surface area contributed by atoms with E-state index in [9.17, 15) is 4.79 Å². The van der Waals surface area contributed by atoms with E-state index >= 15 is 0 Å². The first-order chi connectivity index (χ1) is 9.53. The fourth-order valence-electron chi connectivity index (χ4n) is 2.84. The predicted molar refractivity (Wildman–Crippen MR) is 85.8 cm³/mol. The van der Waals surface area contributed by atoms with E-state index in [0.717, 1.165) is 19.5 Å². The molecule has 1 saturated heterocycles. The SMILES string of the molecule is CCCCCC(C)(C)CNC(=O)CCC1CCCCN1. The number of carbonyl (C=O) groups is 1. The van der Waals surface area contributed by atoms with Gasteiger partial charge in [-0.05, 0) is 37.6 Å². The lowest BCUT2D eigenvalue weighted by atomic mass is 9.87. The molecule has 1 heterocycles. The number of carbonyl (C=O) groups excluding carboxylic acids is 1. The summed E-state index contributed by atoms with van der Waals surface area (Å²) in [5.74, 6) is 0.223. The van der Waals surface area contributed by atoms with Gasteiger partial charge in [0.2, 0.25) is 5.91 Å². The minimum Gasteiger partial charge on any atom is -0.356 e. The highest BCUT2D eigenvalue weighted by Crippen LogP contribution is 2.22. The summed E-state index contributed by atoms with van der Waals surface area (Å²) in [5, 5.41) is 6.62. The zero-order valence-corrected chi connectivity index (χ0v) is 13.8. The Morgan fingerprint density at radius 1 is 1.30 bits per heavy atom. The molecule has 1 amide bonds. The molecule has 0 bridgehead atoms. The minimum atomic E-state index is 0.223. The molecule has 1 aliphatic rings. The number of hydrogen-bond acceptors (Lipinski definition) is 2. The molecule has 1 unspecified atom stereocenters. The monoisotopic (exact) mass is 282 g/mol. The molecule has 1 fully saturated rings. The fraction of sp³-hybridized carbons (Fsp3) is 0.941. The molecule has 1 rings (SSSR count). The van der Waals surface area contributed by atoms with Crippen molar-refractivity contribution in [3.8, 4) is 0 Å². The van der Waals surface area contributed by atoms with E-state index in [4.69, 9.17) is 0 Å². The molecule has 0 aromatic heterocycles. The van der Waals surface area contributed by atoms with Crippen molar-refractivity contribution in [2.24, 2.45) is 5.41 Å². The number of unbranched alkanes of at least 4 members (excludes halogenated alkanes) is 2. The first kappa shape index (κ1) is 17.5. The number of rotatable bonds is 9. The number of nitrogens with one attached hydrogen (secondary N) is 2. The van der Waals surface area contributed by atoms with Crippen LogP contribution in [0.2, 0.25) is 0 Å². The van der Waals surface area contributed by atoms with Gasteiger partial charge in [0, 0.05) is 19.0 Å². The van der Waals surface area contributed by atoms with E-state index in [2.05, 4.69) is 31.4 Å². The van der Waals surface area contributed by atoms with Crippen LogP contribution in [-0.4, -0.2) is 25.0 Å². The third kappa shape index (κ3) is 7.88. The second-order valence-electron chi connectivity index (χ2n) is 7.08. The van der Waals surface area contributed by atoms with Gasteiger partial charge in [0.05, 0.1) is 0 Å². The van der Waals surface area contributed by atoms with Crippen LogP contribution in [0, 0.1) is 5.41 Å². The van der Waals surface area contributed by atoms with Crippen LogP contribution in [0.15, 0.2) is 0 Å². The normalized spacial score (nSPS) is 19.9. The van der Waals surface area contributed by atoms with Gasteiger partial charge in [-0.15, -0.1) is 0 Å². The van der Waals surface area contributed by atoms with Gasteiger partial charge in [0.25, 0.3) is 0 Å². The van der Waals surface area contributed by atoms with Gasteiger partial charge < -0.3 is 10.6 Å². The van der Waals surface area contributed by atoms with Gasteiger partial charge in [0.15, 0.2) is 0 Å². The topological polar surface area (TPSA) is 41.1 Å². The molecular formula is C17H34N2O. The lowest BCUT2D eigenvalue weighted by Crippen LogP contribution is -2.37. The van der Waals surface area contributed by atoms with Gasteiger partial charge in [-0.3, -0.25) is 4.79 Å². The van der Waals surface area contributed by atoms with Crippen molar-refractivity contribution in [2.45, 2.75) is 84.6 Å². The van der Waals surface area contributed by atoms with Crippen molar-refractivity contribution >= 4 is 5.91 Å². The van der Waals surface area contributed by atoms with E-state index in [1.165, 1.54) is 44.9 Å². The van der Waals surface area contributed by atoms with E-state index in [0.29, 0.717) is 12.5 Å². The van der Waals surface area contributed by atoms with Crippen molar-refractivity contribution in [1.29, 1.82) is 0 Å². The highest BCUT2D eigenvalue weighted by atomic mass is 16.1. The number of hydrogen-bond donors (Lipinski definition) is 2. The maximum atomic E-state index is 11.9. The number of piperidine rings is 1. The van der Waals surface area contributed by atoms with E-state index < -0.39 is 0 Å². The number of amides is 1. The van der Waals surface area contributed by atoms with Crippen LogP contribution in [0.5, 0.6) is 0 Å². The molecule has 0 radical (unpaired) electrons. The van der Waals surface area contributed by atoms with Crippen LogP contribution < -0.4 is 10.6 Å². The van der Waals surface area contributed by atoms with Crippen molar-refractivity contribution in [2.75, 3.05) is 13.1 Å². The zero-order valence-electron chi connectivity index (χ0n) is 13.8. The van der Waals surface area contributed by atoms with Crippen LogP contribution in [-0.2, 0) is 4.79 Å². The van der Waals surface area contributed by atoms with Crippen molar-refractivity contribution < 1.29 is 4.79 Å². The Kier molecular flexibility index (Phi) is 8.20. The molecule has 3 nitrogen and oxygen atoms in total. The minimum absolute atomic E-state index is 0.223. The molecular weight excluding hydrogens is 248 g/mol. The van der Waals surface area contributed by atoms with Gasteiger partial charge in [-0.2, -0.15) is 0 Å². The van der Waals surface area contributed by atoms with Gasteiger partial charge >= 0.3 is 0 Å². The summed E-state index contributed by atoms with van der Waals surface area (Å²) in [5.41, 5.74) is 0.230. The van der Waals surface area contributed by atoms with Crippen LogP contribution in [0.4, 0.5) is 0 Å². The molecule has 0 aromatic rings. The first-order valence-corrected chi connectivity index (χ1v) is 8.53. The third-order valence-corrected chi connectivity index (χ3v) is 4.35. The maximum absolute atomic E-state index is 11.9. The Hall–Kier alpha value is -0.570. The van der Waals surface area contributed by atoms with Crippen LogP contribution in [0.1, 0.15) is 78.6 Å². The lowest BCUT2D eigenvalue weighted by molar-refractivity contribution is -0.121. The quantitative estimate of drug-likeness (QED) is 0.634. The zero-order chi connectivity index (χ0) is 14.8. The Balaban J connectivity index is 2.11. The third-order valence-electron chi connectivity index (χ3n) is 4.35. The second kappa shape index (κ2) is 9.38. The molecule has 1 aliphatic heterocycles. The maximum Gasteiger partial charge on any atom is 0.220 e. The largest absolute Gasteiger partial charge is 0.356 e. The fourth-order valence-corrected chi connectivity index (χ4v) is 2.84. The Bertz CT molecular complexity index is 270. The van der Waals surface area contributed by atoms with Gasteiger partial charge in [-0.25, -0.2) is 0 Å². The first-order valence-electron chi connectivity index (χ1n) is 8.53. The molecule has 0 aromatic carbocycles. The molecule has 118 valence electrons. The van der Waals surface area contributed by atoms with Gasteiger partial charge in [-0.1, -0.05) is 46.5 Å². The summed E-state index contributed by atoms with van der Waals surface area (Å²) in [7, 11) is 0. The van der Waals surface area contributed by atoms with Crippen LogP contribution >= 0.6 is 0 Å². The standard InChI is InChI=1S/C17H34N2O/c1-4-5-7-12-17(2,3)14-19-16(20)11-10-15-9-6-8-13-18-15/h15,18H,4-14H2,1-3H3,(H,19,20). The second-order valence-corrected chi connectivity index (χ2v) is 7.08. The van der Waals surface area contributed by atoms with Crippen LogP contribution in [0.25, 0.3) is 0 Å². The highest BCUT2D eigenvalue weighted by Gasteiger charge is 2.19. The summed E-state index contributed by atoms with van der Waals surface area (Å²) < 4.78 is 0. The van der Waals surface area contributed by atoms with Crippen molar-refractivity contribution in [1.82, 2.24) is 10.6 Å². The molecule has 0 saturated carbocycles. The molecule has 3 heteroatoms. The highest BCUT2D eigenvalue weighted by molar-refractivity contribution is 5.75. The van der Waals surface area contributed by atoms with Crippen molar-refractivity contribution in [3.05, 3.63) is 0 Å². The van der Waals surface area contributed by atoms with E-state index in [-0.39, 0.29) is 11.3 Å². The average Bonchev–Trinajstić information content (AvgIpc) is 2.44. The molecule has 2 N–H and O–H groups in total. The summed E-state index contributed by atoms with van der Waals surface area (Å²) in [6.45, 7) is 8.68. The smallest absolute Gasteiger partial charge is 0.220 e. The average molecular weight is 282 g/mol. The molecule has 0 aliphatic carbocycles. The Morgan fingerprint density at radius 3 is 2.75 bits per heavy atom. The van der Waals surface area contributed by atoms with E-state index in [1.807, 2.05) is 0 Å². The molecule has 20 heavy (non-hydrogen) atoms. The van der Waals surface area contributed by atoms with Crippen molar-refractivity contribution in [3.63, 3.8) is 0 Å². The summed E-state index contributed by atoms with van der Waals surface area (Å²) >= 11 is 0. The Labute approximate surface area is 125 Å². The van der Waals surface area contributed by atoms with Crippen LogP contribution in [0.3, 0.4) is 0 Å². The molecule has 1 atom stereocenters. The summed E-state index contributed by atoms with van der Waals surface area (Å²) in [6.07, 6.45) is 10.5. The van der Waals surface area contributed by atoms with Gasteiger partial charge in [0.1, 0.15) is 0 Å². The molecule has 0 spiro atoms. The summed E-state index contributed by atoms with van der Waals surface area (Å²) in [4.78, 5) is 11.9. The summed E-state index contributed by atoms with van der Waals surface area (Å²) in [6, 6.07) is 0.562. The lowest BCUT2D eigenvalue weighted by Gasteiger charge is -2.26. The Morgan fingerprint density at radius 2 is 2.10 bits per heavy atom. The predicted octanol–water partition coefficient (Wildman–Crippen LogP) is 3.63. The van der Waals surface area contributed by atoms with E-state index in [1.54, 1.807) is 0 Å².